The summed E-state index contributed by atoms with van der Waals surface area (Å²) in [5.41, 5.74) is 13.9. The third-order valence-corrected chi connectivity index (χ3v) is 5.40. The van der Waals surface area contributed by atoms with Gasteiger partial charge in [0.2, 0.25) is 5.95 Å². The zero-order valence-corrected chi connectivity index (χ0v) is 21.5. The Hall–Kier alpha value is -5.07. The Morgan fingerprint density at radius 1 is 1.05 bits per heavy atom. The maximum absolute atomic E-state index is 12.9. The number of amides is 1. The summed E-state index contributed by atoms with van der Waals surface area (Å²) in [5.74, 6) is -1.53. The van der Waals surface area contributed by atoms with Gasteiger partial charge in [0, 0.05) is 24.7 Å². The van der Waals surface area contributed by atoms with Crippen LogP contribution in [0.15, 0.2) is 55.8 Å². The van der Waals surface area contributed by atoms with Crippen molar-refractivity contribution in [3.05, 3.63) is 67.0 Å². The summed E-state index contributed by atoms with van der Waals surface area (Å²) in [4.78, 5) is 55.7. The quantitative estimate of drug-likeness (QED) is 0.212. The molecule has 5 N–H and O–H groups in total. The SMILES string of the molecule is C=CCOC(=O)CCC(NC(=O)c1ccc(N(C)Cc2cnc3nc(N)nc(N)c3n2)cc1)C(=O)OCC=C. The minimum absolute atomic E-state index is 0.00740. The molecule has 39 heavy (non-hydrogen) atoms. The summed E-state index contributed by atoms with van der Waals surface area (Å²) in [6.07, 6.45) is 4.34. The molecule has 3 rings (SSSR count). The summed E-state index contributed by atoms with van der Waals surface area (Å²) in [6.45, 7) is 7.40. The van der Waals surface area contributed by atoms with Gasteiger partial charge in [0.15, 0.2) is 17.0 Å². The van der Waals surface area contributed by atoms with E-state index in [2.05, 4.69) is 38.4 Å². The van der Waals surface area contributed by atoms with Gasteiger partial charge in [-0.15, -0.1) is 0 Å². The van der Waals surface area contributed by atoms with Gasteiger partial charge >= 0.3 is 11.9 Å². The lowest BCUT2D eigenvalue weighted by molar-refractivity contribution is -0.146. The van der Waals surface area contributed by atoms with E-state index in [4.69, 9.17) is 20.9 Å². The van der Waals surface area contributed by atoms with Gasteiger partial charge in [-0.05, 0) is 30.7 Å². The maximum Gasteiger partial charge on any atom is 0.328 e. The molecule has 2 aromatic heterocycles. The average Bonchev–Trinajstić information content (AvgIpc) is 2.92. The first-order valence-electron chi connectivity index (χ1n) is 11.9. The van der Waals surface area contributed by atoms with E-state index in [0.717, 1.165) is 5.69 Å². The number of aromatic nitrogens is 4. The monoisotopic (exact) mass is 534 g/mol. The van der Waals surface area contributed by atoms with Crippen LogP contribution in [0.2, 0.25) is 0 Å². The molecule has 0 aliphatic rings. The van der Waals surface area contributed by atoms with E-state index in [1.54, 1.807) is 30.5 Å². The number of carbonyl (C=O) groups excluding carboxylic acids is 3. The molecule has 0 spiro atoms. The molecular formula is C26H30N8O5. The molecule has 3 aromatic rings. The van der Waals surface area contributed by atoms with Crippen molar-refractivity contribution in [2.45, 2.75) is 25.4 Å². The first kappa shape index (κ1) is 28.5. The van der Waals surface area contributed by atoms with Crippen LogP contribution in [0.5, 0.6) is 0 Å². The summed E-state index contributed by atoms with van der Waals surface area (Å²) in [7, 11) is 1.85. The number of fused-ring (bicyclic) bond motifs is 1. The molecule has 0 saturated carbocycles. The molecule has 1 amide bonds. The highest BCUT2D eigenvalue weighted by molar-refractivity contribution is 5.97. The van der Waals surface area contributed by atoms with Gasteiger partial charge in [-0.3, -0.25) is 9.59 Å². The zero-order valence-electron chi connectivity index (χ0n) is 21.5. The first-order chi connectivity index (χ1) is 18.7. The van der Waals surface area contributed by atoms with Gasteiger partial charge in [0.05, 0.1) is 18.4 Å². The van der Waals surface area contributed by atoms with Crippen LogP contribution in [-0.4, -0.2) is 64.1 Å². The van der Waals surface area contributed by atoms with Crippen molar-refractivity contribution in [3.8, 4) is 0 Å². The Morgan fingerprint density at radius 2 is 1.74 bits per heavy atom. The van der Waals surface area contributed by atoms with Gasteiger partial charge in [-0.2, -0.15) is 9.97 Å². The fourth-order valence-corrected chi connectivity index (χ4v) is 3.48. The van der Waals surface area contributed by atoms with E-state index in [9.17, 15) is 14.4 Å². The van der Waals surface area contributed by atoms with Crippen LogP contribution in [0.4, 0.5) is 17.5 Å². The normalized spacial score (nSPS) is 11.3. The molecule has 1 atom stereocenters. The van der Waals surface area contributed by atoms with Crippen LogP contribution in [-0.2, 0) is 25.6 Å². The highest BCUT2D eigenvalue weighted by Gasteiger charge is 2.24. The standard InChI is InChI=1S/C26H30N8O5/c1-4-12-38-20(35)11-10-19(25(37)39-13-5-2)31-24(36)16-6-8-18(9-7-16)34(3)15-17-14-29-23-21(30-17)22(27)32-26(28)33-23/h4-9,14,19H,1-2,10-13,15H2,3H3,(H,31,36)(H4,27,28,29,32,33). The van der Waals surface area contributed by atoms with Crippen molar-refractivity contribution in [3.63, 3.8) is 0 Å². The third-order valence-electron chi connectivity index (χ3n) is 5.40. The number of nitrogens with two attached hydrogens (primary N) is 2. The second-order valence-corrected chi connectivity index (χ2v) is 8.36. The van der Waals surface area contributed by atoms with E-state index in [0.29, 0.717) is 29.0 Å². The molecule has 1 aromatic carbocycles. The summed E-state index contributed by atoms with van der Waals surface area (Å²) in [6, 6.07) is 5.69. The van der Waals surface area contributed by atoms with Gasteiger partial charge in [-0.1, -0.05) is 25.3 Å². The Morgan fingerprint density at radius 3 is 2.44 bits per heavy atom. The maximum atomic E-state index is 12.9. The fourth-order valence-electron chi connectivity index (χ4n) is 3.48. The number of hydrogen-bond acceptors (Lipinski definition) is 12. The lowest BCUT2D eigenvalue weighted by Crippen LogP contribution is -2.42. The van der Waals surface area contributed by atoms with Crippen LogP contribution in [0, 0.1) is 0 Å². The van der Waals surface area contributed by atoms with Crippen molar-refractivity contribution < 1.29 is 23.9 Å². The predicted octanol–water partition coefficient (Wildman–Crippen LogP) is 1.56. The molecule has 2 heterocycles. The molecule has 204 valence electrons. The zero-order chi connectivity index (χ0) is 28.4. The number of hydrogen-bond donors (Lipinski definition) is 3. The van der Waals surface area contributed by atoms with E-state index >= 15 is 0 Å². The highest BCUT2D eigenvalue weighted by Crippen LogP contribution is 2.19. The Labute approximate surface area is 224 Å². The van der Waals surface area contributed by atoms with Gasteiger partial charge in [-0.25, -0.2) is 14.8 Å². The second-order valence-electron chi connectivity index (χ2n) is 8.36. The van der Waals surface area contributed by atoms with Gasteiger partial charge < -0.3 is 31.2 Å². The second kappa shape index (κ2) is 13.5. The van der Waals surface area contributed by atoms with Gasteiger partial charge in [0.1, 0.15) is 19.3 Å². The molecule has 0 saturated heterocycles. The van der Waals surface area contributed by atoms with Crippen molar-refractivity contribution in [2.75, 3.05) is 36.6 Å². The molecule has 0 aliphatic heterocycles. The van der Waals surface area contributed by atoms with Crippen molar-refractivity contribution >= 4 is 46.5 Å². The average molecular weight is 535 g/mol. The number of rotatable bonds is 13. The van der Waals surface area contributed by atoms with Crippen LogP contribution in [0.3, 0.4) is 0 Å². The molecule has 0 fully saturated rings. The third kappa shape index (κ3) is 7.95. The number of carbonyl (C=O) groups is 3. The topological polar surface area (TPSA) is 189 Å². The summed E-state index contributed by atoms with van der Waals surface area (Å²) >= 11 is 0. The summed E-state index contributed by atoms with van der Waals surface area (Å²) in [5, 5.41) is 2.63. The number of nitrogens with zero attached hydrogens (tertiary/aromatic N) is 5. The number of esters is 2. The van der Waals surface area contributed by atoms with Crippen molar-refractivity contribution in [1.82, 2.24) is 25.3 Å². The Kier molecular flexibility index (Phi) is 9.84. The minimum atomic E-state index is -1.05. The van der Waals surface area contributed by atoms with Crippen LogP contribution >= 0.6 is 0 Å². The largest absolute Gasteiger partial charge is 0.461 e. The predicted molar refractivity (Wildman–Crippen MR) is 145 cm³/mol. The van der Waals surface area contributed by atoms with E-state index in [1.165, 1.54) is 12.2 Å². The van der Waals surface area contributed by atoms with E-state index in [1.807, 2.05) is 11.9 Å². The first-order valence-corrected chi connectivity index (χ1v) is 11.9. The minimum Gasteiger partial charge on any atom is -0.461 e. The number of nitrogen functional groups attached to an aromatic ring is 2. The number of anilines is 3. The smallest absolute Gasteiger partial charge is 0.328 e. The van der Waals surface area contributed by atoms with Crippen molar-refractivity contribution in [1.29, 1.82) is 0 Å². The van der Waals surface area contributed by atoms with Gasteiger partial charge in [0.25, 0.3) is 5.91 Å². The number of ether oxygens (including phenoxy) is 2. The molecule has 13 heteroatoms. The van der Waals surface area contributed by atoms with E-state index in [-0.39, 0.29) is 37.8 Å². The Bertz CT molecular complexity index is 1360. The molecule has 13 nitrogen and oxygen atoms in total. The molecule has 0 bridgehead atoms. The van der Waals surface area contributed by atoms with Crippen LogP contribution < -0.4 is 21.7 Å². The lowest BCUT2D eigenvalue weighted by atomic mass is 10.1. The molecular weight excluding hydrogens is 504 g/mol. The molecule has 0 aliphatic carbocycles. The summed E-state index contributed by atoms with van der Waals surface area (Å²) < 4.78 is 10.0. The number of benzene rings is 1. The molecule has 1 unspecified atom stereocenters. The van der Waals surface area contributed by atoms with Crippen molar-refractivity contribution in [2.24, 2.45) is 0 Å². The highest BCUT2D eigenvalue weighted by atomic mass is 16.5. The van der Waals surface area contributed by atoms with Crippen LogP contribution in [0.25, 0.3) is 11.2 Å². The fraction of sp³-hybridized carbons (Fsp3) is 0.269. The van der Waals surface area contributed by atoms with Crippen LogP contribution in [0.1, 0.15) is 28.9 Å². The Balaban J connectivity index is 1.65. The molecule has 0 radical (unpaired) electrons. The number of nitrogens with one attached hydrogen (secondary N) is 1. The lowest BCUT2D eigenvalue weighted by Gasteiger charge is -2.20. The van der Waals surface area contributed by atoms with E-state index < -0.39 is 23.9 Å².